The molecule has 3 rings (SSSR count). The Bertz CT molecular complexity index is 650. The largest absolute Gasteiger partial charge is 0.488 e. The lowest BCUT2D eigenvalue weighted by Crippen LogP contribution is -2.01. The van der Waals surface area contributed by atoms with Gasteiger partial charge in [-0.25, -0.2) is 0 Å². The molecule has 0 fully saturated rings. The smallest absolute Gasteiger partial charge is 0.126 e. The van der Waals surface area contributed by atoms with Crippen LogP contribution in [-0.4, -0.2) is 5.11 Å². The maximum absolute atomic E-state index is 9.82. The van der Waals surface area contributed by atoms with Gasteiger partial charge >= 0.3 is 0 Å². The molecule has 110 valence electrons. The molecule has 0 aliphatic heterocycles. The first-order valence-corrected chi connectivity index (χ1v) is 8.14. The number of hydrogen-bond donors (Lipinski definition) is 1. The van der Waals surface area contributed by atoms with E-state index in [0.29, 0.717) is 6.61 Å². The van der Waals surface area contributed by atoms with Gasteiger partial charge in [0, 0.05) is 10.0 Å². The molecule has 2 aromatic carbocycles. The number of halogens is 1. The summed E-state index contributed by atoms with van der Waals surface area (Å²) in [5.41, 5.74) is 4.94. The predicted octanol–water partition coefficient (Wildman–Crippen LogP) is 4.57. The van der Waals surface area contributed by atoms with Crippen LogP contribution in [-0.2, 0) is 19.4 Å². The van der Waals surface area contributed by atoms with E-state index >= 15 is 0 Å². The summed E-state index contributed by atoms with van der Waals surface area (Å²) in [7, 11) is 0. The Balaban J connectivity index is 1.77. The normalized spacial score (nSPS) is 14.8. The second kappa shape index (κ2) is 6.20. The Hall–Kier alpha value is -1.32. The van der Waals surface area contributed by atoms with E-state index in [1.165, 1.54) is 36.0 Å². The van der Waals surface area contributed by atoms with Crippen LogP contribution >= 0.6 is 15.9 Å². The minimum absolute atomic E-state index is 0.531. The summed E-state index contributed by atoms with van der Waals surface area (Å²) in [5, 5.41) is 9.82. The summed E-state index contributed by atoms with van der Waals surface area (Å²) in [6.45, 7) is 2.29. The number of aliphatic hydroxyl groups excluding tert-OH is 1. The Labute approximate surface area is 133 Å². The van der Waals surface area contributed by atoms with E-state index < -0.39 is 6.10 Å². The van der Waals surface area contributed by atoms with Crippen molar-refractivity contribution >= 4 is 15.9 Å². The SMILES string of the molecule is C[C@@H](O)c1ccc(Br)cc1OCc1ccc2c(c1)CCC2. The number of aliphatic hydroxyl groups is 1. The molecular formula is C18H19BrO2. The third kappa shape index (κ3) is 3.30. The highest BCUT2D eigenvalue weighted by molar-refractivity contribution is 9.10. The summed E-state index contributed by atoms with van der Waals surface area (Å²) in [4.78, 5) is 0. The summed E-state index contributed by atoms with van der Waals surface area (Å²) >= 11 is 3.45. The molecular weight excluding hydrogens is 328 g/mol. The Morgan fingerprint density at radius 1 is 1.14 bits per heavy atom. The average Bonchev–Trinajstić information content (AvgIpc) is 2.92. The predicted molar refractivity (Wildman–Crippen MR) is 87.6 cm³/mol. The molecule has 0 aromatic heterocycles. The van der Waals surface area contributed by atoms with Crippen molar-refractivity contribution in [3.05, 3.63) is 63.1 Å². The number of hydrogen-bond acceptors (Lipinski definition) is 2. The zero-order valence-corrected chi connectivity index (χ0v) is 13.7. The highest BCUT2D eigenvalue weighted by Crippen LogP contribution is 2.30. The van der Waals surface area contributed by atoms with Gasteiger partial charge in [-0.05, 0) is 55.0 Å². The molecule has 0 saturated carbocycles. The van der Waals surface area contributed by atoms with E-state index in [-0.39, 0.29) is 0 Å². The molecule has 0 unspecified atom stereocenters. The zero-order chi connectivity index (χ0) is 14.8. The molecule has 1 aliphatic rings. The standard InChI is InChI=1S/C18H19BrO2/c1-12(20)17-8-7-16(19)10-18(17)21-11-13-5-6-14-3-2-4-15(14)9-13/h5-10,12,20H,2-4,11H2,1H3/t12-/m1/s1. The van der Waals surface area contributed by atoms with Crippen LogP contribution < -0.4 is 4.74 Å². The minimum atomic E-state index is -0.534. The van der Waals surface area contributed by atoms with Gasteiger partial charge in [-0.2, -0.15) is 0 Å². The number of benzene rings is 2. The van der Waals surface area contributed by atoms with Gasteiger partial charge in [0.1, 0.15) is 12.4 Å². The van der Waals surface area contributed by atoms with Crippen molar-refractivity contribution in [3.8, 4) is 5.75 Å². The maximum atomic E-state index is 9.82. The van der Waals surface area contributed by atoms with Crippen molar-refractivity contribution in [2.24, 2.45) is 0 Å². The first-order chi connectivity index (χ1) is 10.1. The lowest BCUT2D eigenvalue weighted by Gasteiger charge is -2.14. The molecule has 0 radical (unpaired) electrons. The van der Waals surface area contributed by atoms with Gasteiger partial charge in [0.25, 0.3) is 0 Å². The molecule has 2 nitrogen and oxygen atoms in total. The first-order valence-electron chi connectivity index (χ1n) is 7.34. The van der Waals surface area contributed by atoms with Crippen LogP contribution in [0.3, 0.4) is 0 Å². The van der Waals surface area contributed by atoms with Gasteiger partial charge in [0.15, 0.2) is 0 Å². The molecule has 1 aliphatic carbocycles. The van der Waals surface area contributed by atoms with Gasteiger partial charge < -0.3 is 9.84 Å². The average molecular weight is 347 g/mol. The molecule has 21 heavy (non-hydrogen) atoms. The van der Waals surface area contributed by atoms with Crippen molar-refractivity contribution in [3.63, 3.8) is 0 Å². The maximum Gasteiger partial charge on any atom is 0.126 e. The Kier molecular flexibility index (Phi) is 4.32. The van der Waals surface area contributed by atoms with E-state index in [2.05, 4.69) is 34.1 Å². The molecule has 0 bridgehead atoms. The van der Waals surface area contributed by atoms with Crippen LogP contribution in [0.4, 0.5) is 0 Å². The number of aryl methyl sites for hydroxylation is 2. The summed E-state index contributed by atoms with van der Waals surface area (Å²) in [6.07, 6.45) is 3.11. The zero-order valence-electron chi connectivity index (χ0n) is 12.1. The van der Waals surface area contributed by atoms with E-state index in [1.807, 2.05) is 18.2 Å². The second-order valence-electron chi connectivity index (χ2n) is 5.60. The monoisotopic (exact) mass is 346 g/mol. The molecule has 1 atom stereocenters. The second-order valence-corrected chi connectivity index (χ2v) is 6.52. The van der Waals surface area contributed by atoms with Gasteiger partial charge in [0.05, 0.1) is 6.10 Å². The molecule has 0 saturated heterocycles. The molecule has 1 N–H and O–H groups in total. The van der Waals surface area contributed by atoms with Crippen molar-refractivity contribution in [2.75, 3.05) is 0 Å². The minimum Gasteiger partial charge on any atom is -0.488 e. The van der Waals surface area contributed by atoms with Gasteiger partial charge in [0.2, 0.25) is 0 Å². The number of fused-ring (bicyclic) bond motifs is 1. The van der Waals surface area contributed by atoms with Gasteiger partial charge in [-0.3, -0.25) is 0 Å². The third-order valence-corrected chi connectivity index (χ3v) is 4.48. The third-order valence-electron chi connectivity index (χ3n) is 3.98. The lowest BCUT2D eigenvalue weighted by atomic mass is 10.1. The van der Waals surface area contributed by atoms with Crippen molar-refractivity contribution < 1.29 is 9.84 Å². The topological polar surface area (TPSA) is 29.5 Å². The summed E-state index contributed by atoms with van der Waals surface area (Å²) in [6, 6.07) is 12.3. The lowest BCUT2D eigenvalue weighted by molar-refractivity contribution is 0.190. The van der Waals surface area contributed by atoms with Gasteiger partial charge in [-0.1, -0.05) is 40.2 Å². The molecule has 2 aromatic rings. The summed E-state index contributed by atoms with van der Waals surface area (Å²) in [5.74, 6) is 0.736. The van der Waals surface area contributed by atoms with E-state index in [0.717, 1.165) is 15.8 Å². The highest BCUT2D eigenvalue weighted by atomic mass is 79.9. The fourth-order valence-electron chi connectivity index (χ4n) is 2.85. The van der Waals surface area contributed by atoms with Crippen molar-refractivity contribution in [2.45, 2.75) is 38.9 Å². The van der Waals surface area contributed by atoms with E-state index in [9.17, 15) is 5.11 Å². The van der Waals surface area contributed by atoms with Crippen LogP contribution in [0.5, 0.6) is 5.75 Å². The van der Waals surface area contributed by atoms with Crippen molar-refractivity contribution in [1.29, 1.82) is 0 Å². The molecule has 0 heterocycles. The molecule has 0 spiro atoms. The van der Waals surface area contributed by atoms with E-state index in [4.69, 9.17) is 4.74 Å². The van der Waals surface area contributed by atoms with Crippen LogP contribution in [0.1, 0.15) is 41.7 Å². The molecule has 3 heteroatoms. The Morgan fingerprint density at radius 2 is 1.95 bits per heavy atom. The van der Waals surface area contributed by atoms with Crippen LogP contribution in [0.15, 0.2) is 40.9 Å². The van der Waals surface area contributed by atoms with Crippen molar-refractivity contribution in [1.82, 2.24) is 0 Å². The quantitative estimate of drug-likeness (QED) is 0.878. The number of rotatable bonds is 4. The van der Waals surface area contributed by atoms with Gasteiger partial charge in [-0.15, -0.1) is 0 Å². The number of ether oxygens (including phenoxy) is 1. The first kappa shape index (κ1) is 14.6. The molecule has 0 amide bonds. The Morgan fingerprint density at radius 3 is 2.76 bits per heavy atom. The fraction of sp³-hybridized carbons (Fsp3) is 0.333. The highest BCUT2D eigenvalue weighted by Gasteiger charge is 2.12. The van der Waals surface area contributed by atoms with Crippen LogP contribution in [0.25, 0.3) is 0 Å². The van der Waals surface area contributed by atoms with Crippen LogP contribution in [0.2, 0.25) is 0 Å². The van der Waals surface area contributed by atoms with Crippen LogP contribution in [0, 0.1) is 0 Å². The van der Waals surface area contributed by atoms with E-state index in [1.54, 1.807) is 6.92 Å². The summed E-state index contributed by atoms with van der Waals surface area (Å²) < 4.78 is 6.89. The fourth-order valence-corrected chi connectivity index (χ4v) is 3.19.